The van der Waals surface area contributed by atoms with E-state index >= 15 is 0 Å². The van der Waals surface area contributed by atoms with Crippen molar-refractivity contribution >= 4 is 28.4 Å². The highest BCUT2D eigenvalue weighted by Gasteiger charge is 2.20. The van der Waals surface area contributed by atoms with Crippen molar-refractivity contribution in [3.05, 3.63) is 69.0 Å². The molecule has 23 heavy (non-hydrogen) atoms. The number of carbonyl (C=O) groups is 1. The predicted octanol–water partition coefficient (Wildman–Crippen LogP) is 3.41. The fourth-order valence-electron chi connectivity index (χ4n) is 2.45. The van der Waals surface area contributed by atoms with Gasteiger partial charge in [0.1, 0.15) is 11.1 Å². The second kappa shape index (κ2) is 5.14. The Balaban J connectivity index is 1.83. The topological polar surface area (TPSA) is 65.7 Å². The Morgan fingerprint density at radius 3 is 2.70 bits per heavy atom. The molecular formula is C17H9ClO5. The molecule has 0 aliphatic carbocycles. The third kappa shape index (κ3) is 2.35. The zero-order valence-corrected chi connectivity index (χ0v) is 12.4. The molecule has 2 heterocycles. The lowest BCUT2D eigenvalue weighted by atomic mass is 10.0. The van der Waals surface area contributed by atoms with Crippen molar-refractivity contribution in [2.45, 2.75) is 0 Å². The lowest BCUT2D eigenvalue weighted by molar-refractivity contribution is 0.103. The Morgan fingerprint density at radius 1 is 1.00 bits per heavy atom. The average molecular weight is 329 g/mol. The van der Waals surface area contributed by atoms with Gasteiger partial charge in [0.05, 0.1) is 0 Å². The second-order valence-corrected chi connectivity index (χ2v) is 5.46. The van der Waals surface area contributed by atoms with Crippen LogP contribution in [0.5, 0.6) is 11.5 Å². The largest absolute Gasteiger partial charge is 0.454 e. The fourth-order valence-corrected chi connectivity index (χ4v) is 2.63. The maximum atomic E-state index is 12.6. The number of ether oxygens (including phenoxy) is 2. The summed E-state index contributed by atoms with van der Waals surface area (Å²) in [6.07, 6.45) is 0. The number of halogens is 1. The van der Waals surface area contributed by atoms with Crippen LogP contribution in [0.25, 0.3) is 11.0 Å². The van der Waals surface area contributed by atoms with Crippen molar-refractivity contribution in [3.63, 3.8) is 0 Å². The van der Waals surface area contributed by atoms with Crippen LogP contribution >= 0.6 is 11.6 Å². The summed E-state index contributed by atoms with van der Waals surface area (Å²) in [5.41, 5.74) is -0.0503. The first kappa shape index (κ1) is 13.8. The molecule has 0 fully saturated rings. The standard InChI is InChI=1S/C17H9ClO5/c18-11-2-4-13-10(5-11)6-12(17(20)23-13)16(19)9-1-3-14-15(7-9)22-8-21-14/h1-7H,8H2. The van der Waals surface area contributed by atoms with Crippen LogP contribution in [0.3, 0.4) is 0 Å². The molecule has 6 heteroatoms. The quantitative estimate of drug-likeness (QED) is 0.533. The van der Waals surface area contributed by atoms with E-state index in [2.05, 4.69) is 0 Å². The van der Waals surface area contributed by atoms with Crippen LogP contribution in [0.2, 0.25) is 5.02 Å². The number of fused-ring (bicyclic) bond motifs is 2. The van der Waals surface area contributed by atoms with Gasteiger partial charge in [-0.25, -0.2) is 4.79 Å². The highest BCUT2D eigenvalue weighted by Crippen LogP contribution is 2.33. The minimum Gasteiger partial charge on any atom is -0.454 e. The van der Waals surface area contributed by atoms with E-state index in [0.29, 0.717) is 33.1 Å². The molecule has 1 aliphatic rings. The maximum Gasteiger partial charge on any atom is 0.347 e. The number of hydrogen-bond donors (Lipinski definition) is 0. The van der Waals surface area contributed by atoms with Crippen LogP contribution in [0.1, 0.15) is 15.9 Å². The van der Waals surface area contributed by atoms with E-state index in [0.717, 1.165) is 0 Å². The maximum absolute atomic E-state index is 12.6. The van der Waals surface area contributed by atoms with Gasteiger partial charge in [0.25, 0.3) is 0 Å². The zero-order chi connectivity index (χ0) is 16.0. The lowest BCUT2D eigenvalue weighted by Gasteiger charge is -2.04. The molecule has 0 bridgehead atoms. The van der Waals surface area contributed by atoms with Crippen molar-refractivity contribution in [1.82, 2.24) is 0 Å². The molecule has 0 N–H and O–H groups in total. The Morgan fingerprint density at radius 2 is 1.83 bits per heavy atom. The van der Waals surface area contributed by atoms with Gasteiger partial charge < -0.3 is 13.9 Å². The molecule has 4 rings (SSSR count). The third-order valence-electron chi connectivity index (χ3n) is 3.57. The molecule has 5 nitrogen and oxygen atoms in total. The van der Waals surface area contributed by atoms with Gasteiger partial charge in [-0.1, -0.05) is 11.6 Å². The molecule has 1 aliphatic heterocycles. The Kier molecular flexibility index (Phi) is 3.09. The van der Waals surface area contributed by atoms with Crippen molar-refractivity contribution in [1.29, 1.82) is 0 Å². The van der Waals surface area contributed by atoms with Gasteiger partial charge >= 0.3 is 5.63 Å². The highest BCUT2D eigenvalue weighted by atomic mass is 35.5. The molecular weight excluding hydrogens is 320 g/mol. The molecule has 3 aromatic rings. The van der Waals surface area contributed by atoms with Crippen LogP contribution < -0.4 is 15.1 Å². The molecule has 2 aromatic carbocycles. The van der Waals surface area contributed by atoms with Crippen molar-refractivity contribution in [2.24, 2.45) is 0 Å². The molecule has 0 saturated carbocycles. The van der Waals surface area contributed by atoms with Crippen LogP contribution in [0.4, 0.5) is 0 Å². The summed E-state index contributed by atoms with van der Waals surface area (Å²) < 4.78 is 15.6. The van der Waals surface area contributed by atoms with E-state index in [1.54, 1.807) is 36.4 Å². The monoisotopic (exact) mass is 328 g/mol. The van der Waals surface area contributed by atoms with E-state index < -0.39 is 11.4 Å². The fraction of sp³-hybridized carbons (Fsp3) is 0.0588. The SMILES string of the molecule is O=C(c1ccc2c(c1)OCO2)c1cc2cc(Cl)ccc2oc1=O. The van der Waals surface area contributed by atoms with Crippen LogP contribution in [-0.4, -0.2) is 12.6 Å². The van der Waals surface area contributed by atoms with Gasteiger partial charge in [0, 0.05) is 16.0 Å². The van der Waals surface area contributed by atoms with E-state index in [1.807, 2.05) is 0 Å². The number of hydrogen-bond acceptors (Lipinski definition) is 5. The van der Waals surface area contributed by atoms with Gasteiger partial charge in [-0.2, -0.15) is 0 Å². The zero-order valence-electron chi connectivity index (χ0n) is 11.7. The summed E-state index contributed by atoms with van der Waals surface area (Å²) in [6.45, 7) is 0.115. The van der Waals surface area contributed by atoms with Crippen LogP contribution in [-0.2, 0) is 0 Å². The Bertz CT molecular complexity index is 1010. The van der Waals surface area contributed by atoms with Crippen molar-refractivity contribution < 1.29 is 18.7 Å². The summed E-state index contributed by atoms with van der Waals surface area (Å²) in [7, 11) is 0. The average Bonchev–Trinajstić information content (AvgIpc) is 3.01. The molecule has 0 radical (unpaired) electrons. The molecule has 1 aromatic heterocycles. The summed E-state index contributed by atoms with van der Waals surface area (Å²) >= 11 is 5.94. The first-order valence-electron chi connectivity index (χ1n) is 6.79. The van der Waals surface area contributed by atoms with E-state index in [1.165, 1.54) is 6.07 Å². The van der Waals surface area contributed by atoms with Crippen molar-refractivity contribution in [2.75, 3.05) is 6.79 Å². The Labute approximate surface area is 135 Å². The summed E-state index contributed by atoms with van der Waals surface area (Å²) in [4.78, 5) is 24.7. The summed E-state index contributed by atoms with van der Waals surface area (Å²) in [5, 5.41) is 1.08. The number of ketones is 1. The molecule has 0 unspecified atom stereocenters. The van der Waals surface area contributed by atoms with Crippen LogP contribution in [0.15, 0.2) is 51.7 Å². The van der Waals surface area contributed by atoms with Gasteiger partial charge in [-0.15, -0.1) is 0 Å². The molecule has 0 atom stereocenters. The van der Waals surface area contributed by atoms with E-state index in [9.17, 15) is 9.59 Å². The van der Waals surface area contributed by atoms with Crippen LogP contribution in [0, 0.1) is 0 Å². The van der Waals surface area contributed by atoms with Crippen molar-refractivity contribution in [3.8, 4) is 11.5 Å². The summed E-state index contributed by atoms with van der Waals surface area (Å²) in [6, 6.07) is 11.1. The lowest BCUT2D eigenvalue weighted by Crippen LogP contribution is -2.14. The molecule has 0 amide bonds. The summed E-state index contributed by atoms with van der Waals surface area (Å²) in [5.74, 6) is 0.599. The minimum absolute atomic E-state index is 0.0568. The number of carbonyl (C=O) groups excluding carboxylic acids is 1. The minimum atomic E-state index is -0.692. The van der Waals surface area contributed by atoms with Gasteiger partial charge in [-0.05, 0) is 42.5 Å². The highest BCUT2D eigenvalue weighted by molar-refractivity contribution is 6.31. The third-order valence-corrected chi connectivity index (χ3v) is 3.81. The first-order valence-corrected chi connectivity index (χ1v) is 7.17. The number of benzene rings is 2. The van der Waals surface area contributed by atoms with Gasteiger partial charge in [0.2, 0.25) is 12.6 Å². The van der Waals surface area contributed by atoms with E-state index in [4.69, 9.17) is 25.5 Å². The Hall–Kier alpha value is -2.79. The van der Waals surface area contributed by atoms with Gasteiger partial charge in [0.15, 0.2) is 11.5 Å². The molecule has 0 spiro atoms. The normalized spacial score (nSPS) is 12.6. The smallest absolute Gasteiger partial charge is 0.347 e. The van der Waals surface area contributed by atoms with E-state index in [-0.39, 0.29) is 12.4 Å². The number of rotatable bonds is 2. The molecule has 114 valence electrons. The predicted molar refractivity (Wildman–Crippen MR) is 83.5 cm³/mol. The molecule has 0 saturated heterocycles. The first-order chi connectivity index (χ1) is 11.1. The van der Waals surface area contributed by atoms with Gasteiger partial charge in [-0.3, -0.25) is 4.79 Å². The second-order valence-electron chi connectivity index (χ2n) is 5.03.